The molecule has 2 aromatic rings. The van der Waals surface area contributed by atoms with Crippen molar-refractivity contribution in [1.82, 2.24) is 4.90 Å². The summed E-state index contributed by atoms with van der Waals surface area (Å²) in [7, 11) is 2.03. The van der Waals surface area contributed by atoms with Gasteiger partial charge in [-0.15, -0.1) is 24.0 Å². The number of nitrogens with two attached hydrogens (primary N) is 1. The summed E-state index contributed by atoms with van der Waals surface area (Å²) in [4.78, 5) is 6.62. The van der Waals surface area contributed by atoms with Crippen molar-refractivity contribution in [3.63, 3.8) is 0 Å². The number of nitrogens with zero attached hydrogens (tertiary/aromatic N) is 2. The van der Waals surface area contributed by atoms with Gasteiger partial charge in [-0.1, -0.05) is 48.0 Å². The maximum atomic E-state index is 6.05. The third-order valence-corrected chi connectivity index (χ3v) is 4.16. The molecule has 0 heterocycles. The first-order valence-corrected chi connectivity index (χ1v) is 7.82. The minimum atomic E-state index is 0. The zero-order chi connectivity index (χ0) is 15.5. The largest absolute Gasteiger partial charge is 0.370 e. The standard InChI is InChI=1S/C19H23N3.HI/c1-14-5-3-7-16(11-14)17-8-4-6-15(12-17)13-21-19(20)22(2)18-9-10-18;/h3-8,11-12,18H,9-10,13H2,1-2H3,(H2,20,21);1H. The Kier molecular flexibility index (Phi) is 6.04. The summed E-state index contributed by atoms with van der Waals surface area (Å²) in [6, 6.07) is 17.7. The fraction of sp³-hybridized carbons (Fsp3) is 0.316. The minimum absolute atomic E-state index is 0. The minimum Gasteiger partial charge on any atom is -0.370 e. The Bertz CT molecular complexity index is 693. The number of halogens is 1. The van der Waals surface area contributed by atoms with E-state index in [1.807, 2.05) is 7.05 Å². The van der Waals surface area contributed by atoms with Gasteiger partial charge < -0.3 is 10.6 Å². The number of benzene rings is 2. The van der Waals surface area contributed by atoms with E-state index in [0.29, 0.717) is 18.5 Å². The van der Waals surface area contributed by atoms with Crippen LogP contribution in [0.15, 0.2) is 53.5 Å². The summed E-state index contributed by atoms with van der Waals surface area (Å²) in [5.41, 5.74) is 11.0. The molecule has 3 nitrogen and oxygen atoms in total. The third-order valence-electron chi connectivity index (χ3n) is 4.16. The second kappa shape index (κ2) is 7.81. The molecule has 122 valence electrons. The van der Waals surface area contributed by atoms with E-state index in [1.54, 1.807) is 0 Å². The van der Waals surface area contributed by atoms with Gasteiger partial charge in [0, 0.05) is 13.1 Å². The molecular weight excluding hydrogens is 397 g/mol. The molecule has 0 atom stereocenters. The predicted molar refractivity (Wildman–Crippen MR) is 108 cm³/mol. The van der Waals surface area contributed by atoms with Crippen LogP contribution in [0.25, 0.3) is 11.1 Å². The van der Waals surface area contributed by atoms with Gasteiger partial charge >= 0.3 is 0 Å². The highest BCUT2D eigenvalue weighted by atomic mass is 127. The lowest BCUT2D eigenvalue weighted by atomic mass is 10.0. The Labute approximate surface area is 155 Å². The second-order valence-corrected chi connectivity index (χ2v) is 6.09. The van der Waals surface area contributed by atoms with Gasteiger partial charge in [0.25, 0.3) is 0 Å². The fourth-order valence-electron chi connectivity index (χ4n) is 2.61. The normalized spacial score (nSPS) is 14.3. The molecule has 0 unspecified atom stereocenters. The molecule has 1 fully saturated rings. The summed E-state index contributed by atoms with van der Waals surface area (Å²) >= 11 is 0. The van der Waals surface area contributed by atoms with Crippen molar-refractivity contribution in [2.45, 2.75) is 32.4 Å². The quantitative estimate of drug-likeness (QED) is 0.457. The summed E-state index contributed by atoms with van der Waals surface area (Å²) in [5.74, 6) is 0.642. The molecule has 0 spiro atoms. The molecule has 0 aliphatic heterocycles. The highest BCUT2D eigenvalue weighted by Crippen LogP contribution is 2.25. The van der Waals surface area contributed by atoms with Gasteiger partial charge in [0.05, 0.1) is 6.54 Å². The van der Waals surface area contributed by atoms with E-state index >= 15 is 0 Å². The second-order valence-electron chi connectivity index (χ2n) is 6.09. The van der Waals surface area contributed by atoms with E-state index < -0.39 is 0 Å². The van der Waals surface area contributed by atoms with E-state index in [-0.39, 0.29) is 24.0 Å². The monoisotopic (exact) mass is 421 g/mol. The lowest BCUT2D eigenvalue weighted by Gasteiger charge is -2.16. The number of aryl methyl sites for hydroxylation is 1. The van der Waals surface area contributed by atoms with Crippen molar-refractivity contribution in [3.05, 3.63) is 59.7 Å². The SMILES string of the molecule is Cc1cccc(-c2cccc(CN=C(N)N(C)C3CC3)c2)c1.I. The summed E-state index contributed by atoms with van der Waals surface area (Å²) in [6.45, 7) is 2.74. The van der Waals surface area contributed by atoms with E-state index in [0.717, 1.165) is 0 Å². The number of hydrogen-bond acceptors (Lipinski definition) is 1. The van der Waals surface area contributed by atoms with Crippen LogP contribution >= 0.6 is 24.0 Å². The first-order valence-electron chi connectivity index (χ1n) is 7.82. The number of hydrogen-bond donors (Lipinski definition) is 1. The molecule has 23 heavy (non-hydrogen) atoms. The lowest BCUT2D eigenvalue weighted by Crippen LogP contribution is -2.35. The van der Waals surface area contributed by atoms with Crippen molar-refractivity contribution in [2.75, 3.05) is 7.05 Å². The molecule has 3 rings (SSSR count). The molecule has 1 aliphatic rings. The van der Waals surface area contributed by atoms with Crippen LogP contribution in [0.4, 0.5) is 0 Å². The van der Waals surface area contributed by atoms with Gasteiger partial charge in [-0.2, -0.15) is 0 Å². The molecule has 2 aromatic carbocycles. The van der Waals surface area contributed by atoms with Crippen LogP contribution in [0.1, 0.15) is 24.0 Å². The van der Waals surface area contributed by atoms with Crippen LogP contribution in [0.3, 0.4) is 0 Å². The lowest BCUT2D eigenvalue weighted by molar-refractivity contribution is 0.487. The van der Waals surface area contributed by atoms with Crippen molar-refractivity contribution in [3.8, 4) is 11.1 Å². The van der Waals surface area contributed by atoms with Gasteiger partial charge in [0.15, 0.2) is 5.96 Å². The number of aliphatic imine (C=N–C) groups is 1. The first kappa shape index (κ1) is 17.8. The maximum absolute atomic E-state index is 6.05. The van der Waals surface area contributed by atoms with Gasteiger partial charge in [0.1, 0.15) is 0 Å². The van der Waals surface area contributed by atoms with Crippen LogP contribution in [-0.2, 0) is 6.54 Å². The first-order chi connectivity index (χ1) is 10.6. The molecule has 0 aromatic heterocycles. The average Bonchev–Trinajstić information content (AvgIpc) is 3.37. The molecule has 1 aliphatic carbocycles. The molecule has 1 saturated carbocycles. The molecule has 0 radical (unpaired) electrons. The molecule has 0 amide bonds. The zero-order valence-corrected chi connectivity index (χ0v) is 16.0. The van der Waals surface area contributed by atoms with E-state index in [1.165, 1.54) is 35.1 Å². The Morgan fingerprint density at radius 1 is 1.13 bits per heavy atom. The molecule has 0 bridgehead atoms. The van der Waals surface area contributed by atoms with E-state index in [4.69, 9.17) is 5.73 Å². The fourth-order valence-corrected chi connectivity index (χ4v) is 2.61. The Morgan fingerprint density at radius 2 is 1.78 bits per heavy atom. The summed E-state index contributed by atoms with van der Waals surface area (Å²) < 4.78 is 0. The van der Waals surface area contributed by atoms with Crippen molar-refractivity contribution in [2.24, 2.45) is 10.7 Å². The Morgan fingerprint density at radius 3 is 2.43 bits per heavy atom. The summed E-state index contributed by atoms with van der Waals surface area (Å²) in [6.07, 6.45) is 2.46. The maximum Gasteiger partial charge on any atom is 0.191 e. The Hall–Kier alpha value is -1.56. The highest BCUT2D eigenvalue weighted by Gasteiger charge is 2.27. The van der Waals surface area contributed by atoms with Crippen molar-refractivity contribution < 1.29 is 0 Å². The topological polar surface area (TPSA) is 41.6 Å². The molecule has 4 heteroatoms. The number of guanidine groups is 1. The van der Waals surface area contributed by atoms with Crippen LogP contribution in [0, 0.1) is 6.92 Å². The third kappa shape index (κ3) is 4.70. The average molecular weight is 421 g/mol. The molecular formula is C19H24IN3. The van der Waals surface area contributed by atoms with Crippen molar-refractivity contribution >= 4 is 29.9 Å². The smallest absolute Gasteiger partial charge is 0.191 e. The Balaban J connectivity index is 0.00000192. The molecule has 0 saturated heterocycles. The van der Waals surface area contributed by atoms with Crippen LogP contribution in [0.2, 0.25) is 0 Å². The van der Waals surface area contributed by atoms with Gasteiger partial charge in [-0.3, -0.25) is 0 Å². The zero-order valence-electron chi connectivity index (χ0n) is 13.7. The van der Waals surface area contributed by atoms with Crippen LogP contribution in [0.5, 0.6) is 0 Å². The van der Waals surface area contributed by atoms with E-state index in [9.17, 15) is 0 Å². The van der Waals surface area contributed by atoms with Crippen molar-refractivity contribution in [1.29, 1.82) is 0 Å². The molecule has 2 N–H and O–H groups in total. The van der Waals surface area contributed by atoms with Gasteiger partial charge in [-0.25, -0.2) is 4.99 Å². The number of rotatable bonds is 4. The van der Waals surface area contributed by atoms with Crippen LogP contribution < -0.4 is 5.73 Å². The summed E-state index contributed by atoms with van der Waals surface area (Å²) in [5, 5.41) is 0. The predicted octanol–water partition coefficient (Wildman–Crippen LogP) is 4.19. The van der Waals surface area contributed by atoms with E-state index in [2.05, 4.69) is 65.3 Å². The van der Waals surface area contributed by atoms with Gasteiger partial charge in [0.2, 0.25) is 0 Å². The highest BCUT2D eigenvalue weighted by molar-refractivity contribution is 14.0. The van der Waals surface area contributed by atoms with Crippen LogP contribution in [-0.4, -0.2) is 23.9 Å². The van der Waals surface area contributed by atoms with Gasteiger partial charge in [-0.05, 0) is 42.5 Å².